The maximum atomic E-state index is 6.09. The Kier molecular flexibility index (Phi) is 4.78. The molecular weight excluding hydrogens is 264 g/mol. The highest BCUT2D eigenvalue weighted by atomic mass is 16.5. The van der Waals surface area contributed by atoms with Crippen molar-refractivity contribution in [2.45, 2.75) is 38.5 Å². The summed E-state index contributed by atoms with van der Waals surface area (Å²) >= 11 is 0. The Morgan fingerprint density at radius 2 is 2.24 bits per heavy atom. The van der Waals surface area contributed by atoms with E-state index in [-0.39, 0.29) is 12.2 Å². The molecule has 2 aliphatic heterocycles. The van der Waals surface area contributed by atoms with Gasteiger partial charge in [0.2, 0.25) is 0 Å². The van der Waals surface area contributed by atoms with Gasteiger partial charge in [-0.05, 0) is 25.5 Å². The molecule has 0 aromatic heterocycles. The molecule has 4 nitrogen and oxygen atoms in total. The van der Waals surface area contributed by atoms with Crippen molar-refractivity contribution in [3.63, 3.8) is 0 Å². The number of anilines is 1. The lowest BCUT2D eigenvalue weighted by molar-refractivity contribution is -0.0888. The van der Waals surface area contributed by atoms with Crippen LogP contribution in [0.4, 0.5) is 5.69 Å². The van der Waals surface area contributed by atoms with Gasteiger partial charge in [-0.15, -0.1) is 0 Å². The zero-order valence-electron chi connectivity index (χ0n) is 13.0. The minimum Gasteiger partial charge on any atom is -0.382 e. The number of fused-ring (bicyclic) bond motifs is 1. The number of benzene rings is 1. The molecule has 1 saturated heterocycles. The van der Waals surface area contributed by atoms with E-state index in [1.165, 1.54) is 11.3 Å². The summed E-state index contributed by atoms with van der Waals surface area (Å²) in [5, 5.41) is 3.45. The molecule has 21 heavy (non-hydrogen) atoms. The number of hydrogen-bond donors (Lipinski definition) is 1. The fourth-order valence-corrected chi connectivity index (χ4v) is 3.09. The van der Waals surface area contributed by atoms with Crippen LogP contribution in [0.25, 0.3) is 0 Å². The van der Waals surface area contributed by atoms with Crippen LogP contribution in [0.15, 0.2) is 24.3 Å². The molecule has 0 bridgehead atoms. The molecule has 1 aromatic rings. The van der Waals surface area contributed by atoms with E-state index < -0.39 is 0 Å². The van der Waals surface area contributed by atoms with Crippen LogP contribution in [0.5, 0.6) is 0 Å². The topological polar surface area (TPSA) is 33.7 Å². The van der Waals surface area contributed by atoms with E-state index in [9.17, 15) is 0 Å². The predicted molar refractivity (Wildman–Crippen MR) is 84.8 cm³/mol. The maximum Gasteiger partial charge on any atom is 0.0935 e. The Morgan fingerprint density at radius 3 is 3.10 bits per heavy atom. The van der Waals surface area contributed by atoms with Crippen molar-refractivity contribution in [3.05, 3.63) is 29.8 Å². The first-order valence-electron chi connectivity index (χ1n) is 8.01. The van der Waals surface area contributed by atoms with Crippen LogP contribution in [-0.4, -0.2) is 56.0 Å². The molecule has 4 heteroatoms. The minimum absolute atomic E-state index is 0.207. The molecule has 0 amide bonds. The molecule has 1 fully saturated rings. The summed E-state index contributed by atoms with van der Waals surface area (Å²) in [7, 11) is 0. The Balaban J connectivity index is 1.48. The van der Waals surface area contributed by atoms with E-state index in [1.807, 2.05) is 0 Å². The molecule has 1 N–H and O–H groups in total. The minimum atomic E-state index is 0.207. The zero-order valence-corrected chi connectivity index (χ0v) is 13.0. The van der Waals surface area contributed by atoms with Crippen molar-refractivity contribution in [3.8, 4) is 0 Å². The Bertz CT molecular complexity index is 464. The molecule has 0 spiro atoms. The standard InChI is InChI=1S/C17H26N2O2/c1-13(2)19-7-8-20-16(11-19)12-21-15-9-14-5-3-4-6-17(14)18-10-15/h3-6,13,15-16,18H,7-12H2,1-2H3. The summed E-state index contributed by atoms with van der Waals surface area (Å²) < 4.78 is 11.9. The largest absolute Gasteiger partial charge is 0.382 e. The maximum absolute atomic E-state index is 6.09. The van der Waals surface area contributed by atoms with Gasteiger partial charge in [0.05, 0.1) is 25.4 Å². The molecule has 2 atom stereocenters. The zero-order chi connectivity index (χ0) is 14.7. The van der Waals surface area contributed by atoms with Crippen LogP contribution >= 0.6 is 0 Å². The highest BCUT2D eigenvalue weighted by Crippen LogP contribution is 2.22. The van der Waals surface area contributed by atoms with Gasteiger partial charge < -0.3 is 14.8 Å². The van der Waals surface area contributed by atoms with Gasteiger partial charge in [0.15, 0.2) is 0 Å². The number of nitrogens with zero attached hydrogens (tertiary/aromatic N) is 1. The molecule has 3 rings (SSSR count). The average molecular weight is 290 g/mol. The smallest absolute Gasteiger partial charge is 0.0935 e. The van der Waals surface area contributed by atoms with Gasteiger partial charge in [0.25, 0.3) is 0 Å². The second kappa shape index (κ2) is 6.77. The third kappa shape index (κ3) is 3.76. The molecular formula is C17H26N2O2. The summed E-state index contributed by atoms with van der Waals surface area (Å²) in [6.45, 7) is 8.89. The molecule has 2 heterocycles. The monoisotopic (exact) mass is 290 g/mol. The Morgan fingerprint density at radius 1 is 1.38 bits per heavy atom. The van der Waals surface area contributed by atoms with Crippen LogP contribution in [0.1, 0.15) is 19.4 Å². The molecule has 0 aliphatic carbocycles. The normalized spacial score (nSPS) is 26.4. The first-order valence-corrected chi connectivity index (χ1v) is 8.01. The summed E-state index contributed by atoms with van der Waals surface area (Å²) in [5.41, 5.74) is 2.60. The second-order valence-corrected chi connectivity index (χ2v) is 6.28. The molecule has 0 saturated carbocycles. The van der Waals surface area contributed by atoms with Crippen molar-refractivity contribution in [2.75, 3.05) is 38.2 Å². The second-order valence-electron chi connectivity index (χ2n) is 6.28. The Labute approximate surface area is 127 Å². The predicted octanol–water partition coefficient (Wildman–Crippen LogP) is 2.15. The summed E-state index contributed by atoms with van der Waals surface area (Å²) in [5.74, 6) is 0. The average Bonchev–Trinajstić information content (AvgIpc) is 2.53. The number of hydrogen-bond acceptors (Lipinski definition) is 4. The third-order valence-corrected chi connectivity index (χ3v) is 4.40. The van der Waals surface area contributed by atoms with Crippen LogP contribution < -0.4 is 5.32 Å². The lowest BCUT2D eigenvalue weighted by Crippen LogP contribution is -2.48. The van der Waals surface area contributed by atoms with Crippen LogP contribution in [-0.2, 0) is 15.9 Å². The number of para-hydroxylation sites is 1. The van der Waals surface area contributed by atoms with Gasteiger partial charge in [-0.25, -0.2) is 0 Å². The van der Waals surface area contributed by atoms with Crippen molar-refractivity contribution in [2.24, 2.45) is 0 Å². The fraction of sp³-hybridized carbons (Fsp3) is 0.647. The molecule has 1 aromatic carbocycles. The van der Waals surface area contributed by atoms with Gasteiger partial charge in [-0.3, -0.25) is 4.90 Å². The quantitative estimate of drug-likeness (QED) is 0.921. The van der Waals surface area contributed by atoms with Crippen LogP contribution in [0.2, 0.25) is 0 Å². The molecule has 0 radical (unpaired) electrons. The van der Waals surface area contributed by atoms with E-state index in [1.54, 1.807) is 0 Å². The highest BCUT2D eigenvalue weighted by Gasteiger charge is 2.24. The van der Waals surface area contributed by atoms with Gasteiger partial charge in [-0.1, -0.05) is 18.2 Å². The van der Waals surface area contributed by atoms with Crippen LogP contribution in [0, 0.1) is 0 Å². The van der Waals surface area contributed by atoms with E-state index in [4.69, 9.17) is 9.47 Å². The van der Waals surface area contributed by atoms with Crippen LogP contribution in [0.3, 0.4) is 0 Å². The van der Waals surface area contributed by atoms with Crippen molar-refractivity contribution in [1.82, 2.24) is 4.90 Å². The van der Waals surface area contributed by atoms with Crippen molar-refractivity contribution < 1.29 is 9.47 Å². The van der Waals surface area contributed by atoms with Gasteiger partial charge in [0.1, 0.15) is 0 Å². The number of rotatable bonds is 4. The Hall–Kier alpha value is -1.10. The van der Waals surface area contributed by atoms with E-state index in [2.05, 4.69) is 48.3 Å². The molecule has 2 aliphatic rings. The lowest BCUT2D eigenvalue weighted by Gasteiger charge is -2.36. The fourth-order valence-electron chi connectivity index (χ4n) is 3.09. The van der Waals surface area contributed by atoms with Crippen molar-refractivity contribution in [1.29, 1.82) is 0 Å². The number of ether oxygens (including phenoxy) is 2. The first-order chi connectivity index (χ1) is 10.2. The number of morpholine rings is 1. The summed E-state index contributed by atoms with van der Waals surface area (Å²) in [4.78, 5) is 2.46. The first kappa shape index (κ1) is 14.8. The van der Waals surface area contributed by atoms with Gasteiger partial charge in [-0.2, -0.15) is 0 Å². The van der Waals surface area contributed by atoms with Gasteiger partial charge >= 0.3 is 0 Å². The van der Waals surface area contributed by atoms with Crippen molar-refractivity contribution >= 4 is 5.69 Å². The van der Waals surface area contributed by atoms with E-state index in [0.717, 1.165) is 32.7 Å². The SMILES string of the molecule is CC(C)N1CCOC(COC2CNc3ccccc3C2)C1. The third-order valence-electron chi connectivity index (χ3n) is 4.40. The molecule has 116 valence electrons. The van der Waals surface area contributed by atoms with E-state index >= 15 is 0 Å². The highest BCUT2D eigenvalue weighted by molar-refractivity contribution is 5.53. The van der Waals surface area contributed by atoms with E-state index in [0.29, 0.717) is 12.6 Å². The summed E-state index contributed by atoms with van der Waals surface area (Å²) in [6, 6.07) is 9.06. The van der Waals surface area contributed by atoms with Gasteiger partial charge in [0, 0.05) is 37.8 Å². The molecule has 2 unspecified atom stereocenters. The summed E-state index contributed by atoms with van der Waals surface area (Å²) in [6.07, 6.45) is 1.44. The number of nitrogens with one attached hydrogen (secondary N) is 1. The lowest BCUT2D eigenvalue weighted by atomic mass is 10.0.